The fourth-order valence-electron chi connectivity index (χ4n) is 2.58. The number of nitrogens with zero attached hydrogens (tertiary/aromatic N) is 1. The molecule has 0 heterocycles. The summed E-state index contributed by atoms with van der Waals surface area (Å²) in [6.45, 7) is 8.94. The van der Waals surface area contributed by atoms with E-state index in [1.807, 2.05) is 6.92 Å². The molecular formula is C20H35IN4O3. The highest BCUT2D eigenvalue weighted by molar-refractivity contribution is 14.0. The van der Waals surface area contributed by atoms with E-state index < -0.39 is 0 Å². The van der Waals surface area contributed by atoms with Crippen molar-refractivity contribution in [2.24, 2.45) is 10.9 Å². The number of benzene rings is 1. The maximum absolute atomic E-state index is 12.1. The highest BCUT2D eigenvalue weighted by Crippen LogP contribution is 2.11. The predicted molar refractivity (Wildman–Crippen MR) is 125 cm³/mol. The smallest absolute Gasteiger partial charge is 0.251 e. The van der Waals surface area contributed by atoms with Gasteiger partial charge in [-0.2, -0.15) is 0 Å². The molecular weight excluding hydrogens is 471 g/mol. The molecule has 0 aromatic heterocycles. The normalized spacial score (nSPS) is 12.1. The number of rotatable bonds is 11. The van der Waals surface area contributed by atoms with E-state index in [0.29, 0.717) is 30.5 Å². The van der Waals surface area contributed by atoms with E-state index in [9.17, 15) is 4.79 Å². The number of aliphatic imine (C=N–C) groups is 1. The quantitative estimate of drug-likeness (QED) is 0.186. The summed E-state index contributed by atoms with van der Waals surface area (Å²) in [4.78, 5) is 16.3. The third kappa shape index (κ3) is 10.1. The van der Waals surface area contributed by atoms with Gasteiger partial charge in [0.25, 0.3) is 5.91 Å². The number of hydrogen-bond acceptors (Lipinski definition) is 4. The Morgan fingerprint density at radius 3 is 2.21 bits per heavy atom. The molecule has 1 atom stereocenters. The van der Waals surface area contributed by atoms with E-state index in [1.165, 1.54) is 0 Å². The van der Waals surface area contributed by atoms with E-state index in [4.69, 9.17) is 9.47 Å². The van der Waals surface area contributed by atoms with Gasteiger partial charge in [-0.3, -0.25) is 9.79 Å². The number of amides is 1. The molecule has 0 saturated carbocycles. The molecule has 0 spiro atoms. The van der Waals surface area contributed by atoms with Crippen LogP contribution in [0.2, 0.25) is 0 Å². The topological polar surface area (TPSA) is 84.0 Å². The Morgan fingerprint density at radius 1 is 1.07 bits per heavy atom. The Kier molecular flexibility index (Phi) is 14.5. The van der Waals surface area contributed by atoms with Crippen molar-refractivity contribution in [3.8, 4) is 5.75 Å². The molecule has 7 nitrogen and oxygen atoms in total. The molecule has 0 aliphatic carbocycles. The summed E-state index contributed by atoms with van der Waals surface area (Å²) in [7, 11) is 3.33. The van der Waals surface area contributed by atoms with Crippen LogP contribution in [-0.4, -0.2) is 58.4 Å². The summed E-state index contributed by atoms with van der Waals surface area (Å²) in [5, 5.41) is 9.35. The second kappa shape index (κ2) is 15.4. The summed E-state index contributed by atoms with van der Waals surface area (Å²) in [5.41, 5.74) is 0.606. The van der Waals surface area contributed by atoms with Gasteiger partial charge in [0.2, 0.25) is 0 Å². The van der Waals surface area contributed by atoms with Crippen LogP contribution in [0.1, 0.15) is 37.6 Å². The number of guanidine groups is 1. The zero-order valence-corrected chi connectivity index (χ0v) is 19.9. The van der Waals surface area contributed by atoms with Gasteiger partial charge in [0.1, 0.15) is 5.75 Å². The van der Waals surface area contributed by atoms with E-state index in [1.54, 1.807) is 38.4 Å². The number of carbonyl (C=O) groups is 1. The largest absolute Gasteiger partial charge is 0.497 e. The average molecular weight is 506 g/mol. The Hall–Kier alpha value is -1.55. The number of hydrogen-bond donors (Lipinski definition) is 3. The van der Waals surface area contributed by atoms with Crippen molar-refractivity contribution in [1.82, 2.24) is 16.0 Å². The SMILES string of the molecule is CCOC(CCNC(=NC)NCCNC(=O)c1ccc(OC)cc1)C(C)C.I. The summed E-state index contributed by atoms with van der Waals surface area (Å²) >= 11 is 0. The predicted octanol–water partition coefficient (Wildman–Crippen LogP) is 2.66. The van der Waals surface area contributed by atoms with Gasteiger partial charge in [-0.15, -0.1) is 24.0 Å². The van der Waals surface area contributed by atoms with Gasteiger partial charge in [0, 0.05) is 38.9 Å². The molecule has 1 aromatic rings. The summed E-state index contributed by atoms with van der Waals surface area (Å²) < 4.78 is 10.8. The molecule has 28 heavy (non-hydrogen) atoms. The Balaban J connectivity index is 0.00000729. The third-order valence-corrected chi connectivity index (χ3v) is 4.12. The fraction of sp³-hybridized carbons (Fsp3) is 0.600. The van der Waals surface area contributed by atoms with Crippen LogP contribution in [0.15, 0.2) is 29.3 Å². The minimum atomic E-state index is -0.112. The Morgan fingerprint density at radius 2 is 1.68 bits per heavy atom. The lowest BCUT2D eigenvalue weighted by Crippen LogP contribution is -2.42. The van der Waals surface area contributed by atoms with Gasteiger partial charge >= 0.3 is 0 Å². The van der Waals surface area contributed by atoms with E-state index >= 15 is 0 Å². The van der Waals surface area contributed by atoms with Gasteiger partial charge in [0.05, 0.1) is 13.2 Å². The third-order valence-electron chi connectivity index (χ3n) is 4.12. The lowest BCUT2D eigenvalue weighted by Gasteiger charge is -2.21. The summed E-state index contributed by atoms with van der Waals surface area (Å²) in [6, 6.07) is 7.02. The van der Waals surface area contributed by atoms with E-state index in [-0.39, 0.29) is 36.0 Å². The van der Waals surface area contributed by atoms with Crippen LogP contribution in [-0.2, 0) is 4.74 Å². The summed E-state index contributed by atoms with van der Waals surface area (Å²) in [6.07, 6.45) is 1.16. The van der Waals surface area contributed by atoms with Gasteiger partial charge < -0.3 is 25.4 Å². The Labute approximate surface area is 186 Å². The maximum atomic E-state index is 12.1. The first-order valence-electron chi connectivity index (χ1n) is 9.50. The molecule has 0 saturated heterocycles. The van der Waals surface area contributed by atoms with Crippen LogP contribution in [0, 0.1) is 5.92 Å². The van der Waals surface area contributed by atoms with Gasteiger partial charge in [-0.1, -0.05) is 13.8 Å². The van der Waals surface area contributed by atoms with Gasteiger partial charge in [0.15, 0.2) is 5.96 Å². The lowest BCUT2D eigenvalue weighted by molar-refractivity contribution is 0.0258. The van der Waals surface area contributed by atoms with Crippen LogP contribution >= 0.6 is 24.0 Å². The molecule has 1 aromatic carbocycles. The highest BCUT2D eigenvalue weighted by Gasteiger charge is 2.13. The molecule has 0 fully saturated rings. The second-order valence-corrected chi connectivity index (χ2v) is 6.44. The van der Waals surface area contributed by atoms with Crippen LogP contribution < -0.4 is 20.7 Å². The molecule has 0 bridgehead atoms. The van der Waals surface area contributed by atoms with Crippen LogP contribution in [0.25, 0.3) is 0 Å². The number of methoxy groups -OCH3 is 1. The minimum absolute atomic E-state index is 0. The standard InChI is InChI=1S/C20H34N4O3.HI/c1-6-27-18(15(2)3)11-12-23-20(21-4)24-14-13-22-19(25)16-7-9-17(26-5)10-8-16;/h7-10,15,18H,6,11-14H2,1-5H3,(H,22,25)(H2,21,23,24);1H. The number of halogens is 1. The molecule has 160 valence electrons. The number of carbonyl (C=O) groups excluding carboxylic acids is 1. The van der Waals surface area contributed by atoms with E-state index in [2.05, 4.69) is 34.8 Å². The van der Waals surface area contributed by atoms with Gasteiger partial charge in [-0.25, -0.2) is 0 Å². The van der Waals surface area contributed by atoms with Crippen molar-refractivity contribution in [3.05, 3.63) is 29.8 Å². The first kappa shape index (κ1) is 26.4. The minimum Gasteiger partial charge on any atom is -0.497 e. The molecule has 1 unspecified atom stereocenters. The maximum Gasteiger partial charge on any atom is 0.251 e. The first-order valence-corrected chi connectivity index (χ1v) is 9.50. The van der Waals surface area contributed by atoms with Crippen molar-refractivity contribution in [2.45, 2.75) is 33.3 Å². The first-order chi connectivity index (χ1) is 13.0. The molecule has 0 aliphatic heterocycles. The number of ether oxygens (including phenoxy) is 2. The van der Waals surface area contributed by atoms with Crippen molar-refractivity contribution < 1.29 is 14.3 Å². The summed E-state index contributed by atoms with van der Waals surface area (Å²) in [5.74, 6) is 1.81. The van der Waals surface area contributed by atoms with E-state index in [0.717, 1.165) is 25.3 Å². The zero-order valence-electron chi connectivity index (χ0n) is 17.6. The molecule has 1 rings (SSSR count). The lowest BCUT2D eigenvalue weighted by atomic mass is 10.0. The fourth-order valence-corrected chi connectivity index (χ4v) is 2.58. The van der Waals surface area contributed by atoms with Crippen molar-refractivity contribution in [1.29, 1.82) is 0 Å². The van der Waals surface area contributed by atoms with Crippen molar-refractivity contribution in [2.75, 3.05) is 40.4 Å². The van der Waals surface area contributed by atoms with Crippen LogP contribution in [0.3, 0.4) is 0 Å². The van der Waals surface area contributed by atoms with Crippen molar-refractivity contribution >= 4 is 35.8 Å². The zero-order chi connectivity index (χ0) is 20.1. The molecule has 0 aliphatic rings. The second-order valence-electron chi connectivity index (χ2n) is 6.44. The average Bonchev–Trinajstić information content (AvgIpc) is 2.68. The number of nitrogens with one attached hydrogen (secondary N) is 3. The van der Waals surface area contributed by atoms with Crippen LogP contribution in [0.5, 0.6) is 5.75 Å². The molecule has 1 amide bonds. The van der Waals surface area contributed by atoms with Crippen LogP contribution in [0.4, 0.5) is 0 Å². The molecule has 0 radical (unpaired) electrons. The van der Waals surface area contributed by atoms with Crippen molar-refractivity contribution in [3.63, 3.8) is 0 Å². The highest BCUT2D eigenvalue weighted by atomic mass is 127. The molecule has 8 heteroatoms. The monoisotopic (exact) mass is 506 g/mol. The molecule has 3 N–H and O–H groups in total. The van der Waals surface area contributed by atoms with Gasteiger partial charge in [-0.05, 0) is 43.5 Å². The Bertz CT molecular complexity index is 579.